The number of nitrogens with one attached hydrogen (secondary N) is 1. The van der Waals surface area contributed by atoms with Crippen LogP contribution in [0, 0.1) is 0 Å². The second-order valence-corrected chi connectivity index (χ2v) is 3.52. The van der Waals surface area contributed by atoms with E-state index >= 15 is 0 Å². The highest BCUT2D eigenvalue weighted by Crippen LogP contribution is 2.45. The molecule has 0 atom stereocenters. The molecule has 9 heteroatoms. The summed E-state index contributed by atoms with van der Waals surface area (Å²) in [5, 5.41) is 0. The Labute approximate surface area is 95.8 Å². The van der Waals surface area contributed by atoms with E-state index in [0.29, 0.717) is 0 Å². The first-order valence-corrected chi connectivity index (χ1v) is 4.75. The number of ether oxygens (including phenoxy) is 1. The predicted molar refractivity (Wildman–Crippen MR) is 48.5 cm³/mol. The van der Waals surface area contributed by atoms with Crippen LogP contribution in [0.25, 0.3) is 0 Å². The molecule has 0 aliphatic heterocycles. The minimum Gasteiger partial charge on any atom is -0.357 e. The van der Waals surface area contributed by atoms with Crippen LogP contribution in [-0.2, 0) is 4.74 Å². The summed E-state index contributed by atoms with van der Waals surface area (Å²) in [6, 6.07) is 0. The molecule has 0 heterocycles. The maximum atomic E-state index is 12.2. The second kappa shape index (κ2) is 5.04. The zero-order chi connectivity index (χ0) is 12.3. The smallest absolute Gasteiger partial charge is 0.357 e. The summed E-state index contributed by atoms with van der Waals surface area (Å²) in [6.07, 6.45) is -11.0. The van der Waals surface area contributed by atoms with E-state index in [4.69, 9.17) is 0 Å². The van der Waals surface area contributed by atoms with Gasteiger partial charge in [-0.1, -0.05) is 0 Å². The highest BCUT2D eigenvalue weighted by Gasteiger charge is 2.69. The molecule has 0 saturated carbocycles. The minimum atomic E-state index is -5.49. The molecule has 0 saturated heterocycles. The van der Waals surface area contributed by atoms with Crippen LogP contribution in [0.4, 0.5) is 26.3 Å². The van der Waals surface area contributed by atoms with Crippen molar-refractivity contribution in [3.63, 3.8) is 0 Å². The standard InChI is InChI=1S/C6H8F6INO/c1-4(5(7,8)9,6(10,11)12)15-3-2-14-13/h14H,2-3H2,1H3. The first-order chi connectivity index (χ1) is 6.56. The van der Waals surface area contributed by atoms with Crippen LogP contribution in [-0.4, -0.2) is 31.1 Å². The molecule has 0 fully saturated rings. The first kappa shape index (κ1) is 15.2. The number of halogens is 7. The van der Waals surface area contributed by atoms with Gasteiger partial charge in [-0.2, -0.15) is 26.3 Å². The Morgan fingerprint density at radius 2 is 1.47 bits per heavy atom. The second-order valence-electron chi connectivity index (χ2n) is 2.76. The fourth-order valence-electron chi connectivity index (χ4n) is 0.618. The highest BCUT2D eigenvalue weighted by atomic mass is 127. The summed E-state index contributed by atoms with van der Waals surface area (Å²) < 4.78 is 79.2. The van der Waals surface area contributed by atoms with Crippen LogP contribution in [0.15, 0.2) is 0 Å². The third-order valence-corrected chi connectivity index (χ3v) is 2.21. The molecule has 0 aromatic rings. The van der Waals surface area contributed by atoms with Gasteiger partial charge in [-0.15, -0.1) is 0 Å². The third kappa shape index (κ3) is 3.63. The van der Waals surface area contributed by atoms with Gasteiger partial charge in [-0.05, 0) is 6.92 Å². The van der Waals surface area contributed by atoms with Gasteiger partial charge in [0.05, 0.1) is 6.61 Å². The van der Waals surface area contributed by atoms with Gasteiger partial charge < -0.3 is 4.74 Å². The molecule has 1 N–H and O–H groups in total. The molecule has 15 heavy (non-hydrogen) atoms. The molecule has 92 valence electrons. The van der Waals surface area contributed by atoms with Crippen molar-refractivity contribution < 1.29 is 31.1 Å². The van der Waals surface area contributed by atoms with Crippen LogP contribution >= 0.6 is 22.9 Å². The summed E-state index contributed by atoms with van der Waals surface area (Å²) in [5.74, 6) is 0. The van der Waals surface area contributed by atoms with Crippen LogP contribution in [0.5, 0.6) is 0 Å². The summed E-state index contributed by atoms with van der Waals surface area (Å²) in [5.41, 5.74) is -4.12. The van der Waals surface area contributed by atoms with Crippen molar-refractivity contribution in [2.45, 2.75) is 24.9 Å². The van der Waals surface area contributed by atoms with Crippen molar-refractivity contribution in [3.8, 4) is 0 Å². The van der Waals surface area contributed by atoms with Crippen molar-refractivity contribution in [1.82, 2.24) is 3.53 Å². The largest absolute Gasteiger partial charge is 0.426 e. The van der Waals surface area contributed by atoms with Crippen molar-refractivity contribution in [2.24, 2.45) is 0 Å². The highest BCUT2D eigenvalue weighted by molar-refractivity contribution is 14.1. The molecular formula is C6H8F6INO. The van der Waals surface area contributed by atoms with Crippen molar-refractivity contribution in [2.75, 3.05) is 13.2 Å². The van der Waals surface area contributed by atoms with Crippen LogP contribution in [0.1, 0.15) is 6.92 Å². The topological polar surface area (TPSA) is 21.3 Å². The quantitative estimate of drug-likeness (QED) is 0.364. The van der Waals surface area contributed by atoms with E-state index in [-0.39, 0.29) is 13.5 Å². The van der Waals surface area contributed by atoms with Gasteiger partial charge in [0.1, 0.15) is 0 Å². The summed E-state index contributed by atoms with van der Waals surface area (Å²) in [7, 11) is 0. The average molecular weight is 351 g/mol. The molecular weight excluding hydrogens is 343 g/mol. The lowest BCUT2D eigenvalue weighted by atomic mass is 10.1. The molecule has 0 bridgehead atoms. The Morgan fingerprint density at radius 1 is 1.07 bits per heavy atom. The Balaban J connectivity index is 4.74. The van der Waals surface area contributed by atoms with Crippen LogP contribution in [0.2, 0.25) is 0 Å². The number of alkyl halides is 6. The predicted octanol–water partition coefficient (Wildman–Crippen LogP) is 2.83. The van der Waals surface area contributed by atoms with E-state index in [2.05, 4.69) is 8.27 Å². The molecule has 0 radical (unpaired) electrons. The minimum absolute atomic E-state index is 0.0276. The van der Waals surface area contributed by atoms with Crippen molar-refractivity contribution in [1.29, 1.82) is 0 Å². The Bertz CT molecular complexity index is 189. The normalized spacial score (nSPS) is 14.4. The van der Waals surface area contributed by atoms with E-state index in [1.54, 1.807) is 22.9 Å². The SMILES string of the molecule is CC(OCCNI)(C(F)(F)F)C(F)(F)F. The van der Waals surface area contributed by atoms with E-state index < -0.39 is 24.6 Å². The molecule has 0 rings (SSSR count). The lowest BCUT2D eigenvalue weighted by Gasteiger charge is -2.33. The summed E-state index contributed by atoms with van der Waals surface area (Å²) >= 11 is 1.59. The lowest BCUT2D eigenvalue weighted by molar-refractivity contribution is -0.373. The molecule has 0 amide bonds. The van der Waals surface area contributed by atoms with E-state index in [1.807, 2.05) is 0 Å². The average Bonchev–Trinajstić information content (AvgIpc) is 2.00. The van der Waals surface area contributed by atoms with Gasteiger partial charge in [0.15, 0.2) is 0 Å². The molecule has 0 aliphatic rings. The zero-order valence-corrected chi connectivity index (χ0v) is 9.63. The fourth-order valence-corrected chi connectivity index (χ4v) is 0.838. The van der Waals surface area contributed by atoms with Crippen molar-refractivity contribution >= 4 is 22.9 Å². The van der Waals surface area contributed by atoms with Crippen molar-refractivity contribution in [3.05, 3.63) is 0 Å². The van der Waals surface area contributed by atoms with Gasteiger partial charge >= 0.3 is 12.4 Å². The molecule has 2 nitrogen and oxygen atoms in total. The van der Waals surface area contributed by atoms with Gasteiger partial charge in [0.2, 0.25) is 0 Å². The Morgan fingerprint density at radius 3 is 1.73 bits per heavy atom. The number of hydrogen-bond acceptors (Lipinski definition) is 2. The van der Waals surface area contributed by atoms with Gasteiger partial charge in [-0.25, -0.2) is 0 Å². The van der Waals surface area contributed by atoms with Gasteiger partial charge in [0.25, 0.3) is 5.60 Å². The molecule has 0 aromatic carbocycles. The third-order valence-electron chi connectivity index (χ3n) is 1.67. The zero-order valence-electron chi connectivity index (χ0n) is 7.47. The monoisotopic (exact) mass is 351 g/mol. The molecule has 0 spiro atoms. The molecule has 0 unspecified atom stereocenters. The Kier molecular flexibility index (Phi) is 5.12. The maximum absolute atomic E-state index is 12.2. The maximum Gasteiger partial charge on any atom is 0.426 e. The van der Waals surface area contributed by atoms with Crippen LogP contribution < -0.4 is 3.53 Å². The van der Waals surface area contributed by atoms with Gasteiger partial charge in [-0.3, -0.25) is 3.53 Å². The van der Waals surface area contributed by atoms with E-state index in [0.717, 1.165) is 0 Å². The van der Waals surface area contributed by atoms with Gasteiger partial charge in [0, 0.05) is 29.4 Å². The van der Waals surface area contributed by atoms with E-state index in [9.17, 15) is 26.3 Å². The molecule has 0 aromatic heterocycles. The van der Waals surface area contributed by atoms with Crippen LogP contribution in [0.3, 0.4) is 0 Å². The summed E-state index contributed by atoms with van der Waals surface area (Å²) in [4.78, 5) is 0. The number of hydrogen-bond donors (Lipinski definition) is 1. The Hall–Kier alpha value is 0.230. The molecule has 0 aliphatic carbocycles. The summed E-state index contributed by atoms with van der Waals surface area (Å²) in [6.45, 7) is -0.818. The first-order valence-electron chi connectivity index (χ1n) is 3.67. The van der Waals surface area contributed by atoms with E-state index in [1.165, 1.54) is 0 Å². The number of rotatable bonds is 4. The fraction of sp³-hybridized carbons (Fsp3) is 1.00. The lowest BCUT2D eigenvalue weighted by Crippen LogP contribution is -2.56.